The number of carbonyl (C=O) groups is 5. The predicted octanol–water partition coefficient (Wildman–Crippen LogP) is 2.76. The largest absolute Gasteiger partial charge is 0.490 e. The minimum atomic E-state index is -5.08. The van der Waals surface area contributed by atoms with E-state index < -0.39 is 42.3 Å². The van der Waals surface area contributed by atoms with Crippen molar-refractivity contribution < 1.29 is 47.0 Å². The Kier molecular flexibility index (Phi) is 17.5. The Hall–Kier alpha value is -2.90. The SMILES string of the molecule is CC[C@H](C)[C@@H](N)C(=O)N(C)[C@@H](C)C(=O)N(C)[C@@H](CC(C)C)C(=O)N(C)[C@@H](CC(C)C)C(=O)OC.O=C(O)C(F)(F)F. The van der Waals surface area contributed by atoms with Crippen molar-refractivity contribution in [3.05, 3.63) is 0 Å². The van der Waals surface area contributed by atoms with Crippen LogP contribution >= 0.6 is 0 Å². The van der Waals surface area contributed by atoms with Crippen molar-refractivity contribution in [1.82, 2.24) is 14.7 Å². The Labute approximate surface area is 241 Å². The molecule has 0 aromatic rings. The van der Waals surface area contributed by atoms with Gasteiger partial charge in [0.25, 0.3) is 0 Å². The highest BCUT2D eigenvalue weighted by atomic mass is 19.4. The lowest BCUT2D eigenvalue weighted by atomic mass is 9.97. The molecule has 0 aromatic carbocycles. The van der Waals surface area contributed by atoms with E-state index in [0.717, 1.165) is 6.42 Å². The van der Waals surface area contributed by atoms with E-state index in [2.05, 4.69) is 0 Å². The van der Waals surface area contributed by atoms with Gasteiger partial charge in [0.1, 0.15) is 18.1 Å². The number of ether oxygens (including phenoxy) is 1. The normalized spacial score (nSPS) is 15.0. The lowest BCUT2D eigenvalue weighted by molar-refractivity contribution is -0.192. The molecule has 0 fully saturated rings. The van der Waals surface area contributed by atoms with Gasteiger partial charge in [-0.05, 0) is 37.5 Å². The first kappa shape index (κ1) is 40.2. The topological polar surface area (TPSA) is 151 Å². The van der Waals surface area contributed by atoms with Crippen molar-refractivity contribution in [1.29, 1.82) is 0 Å². The number of rotatable bonds is 13. The highest BCUT2D eigenvalue weighted by Gasteiger charge is 2.39. The smallest absolute Gasteiger partial charge is 0.475 e. The van der Waals surface area contributed by atoms with Crippen LogP contribution in [0.3, 0.4) is 0 Å². The van der Waals surface area contributed by atoms with Crippen LogP contribution in [-0.4, -0.2) is 108 Å². The van der Waals surface area contributed by atoms with Crippen LogP contribution in [0.15, 0.2) is 0 Å². The number of carbonyl (C=O) groups excluding carboxylic acids is 4. The maximum atomic E-state index is 13.6. The van der Waals surface area contributed by atoms with Crippen molar-refractivity contribution in [2.45, 2.75) is 98.1 Å². The van der Waals surface area contributed by atoms with E-state index in [-0.39, 0.29) is 35.5 Å². The Balaban J connectivity index is 0. The standard InChI is InChI=1S/C25H48N4O5.C2HF3O2/c1-12-17(6)21(26)24(32)27(8)18(7)22(30)28(9)19(13-15(2)3)23(31)29(10)20(14-16(4)5)25(33)34-11;3-2(4,5)1(6)7/h15-21H,12-14,26H2,1-11H3;(H,6,7)/t17-,18-,19-,20-,21+;/m0./s1. The van der Waals surface area contributed by atoms with E-state index in [1.165, 1.54) is 21.8 Å². The fourth-order valence-corrected chi connectivity index (χ4v) is 3.79. The quantitative estimate of drug-likeness (QED) is 0.307. The van der Waals surface area contributed by atoms with E-state index in [4.69, 9.17) is 20.4 Å². The molecular formula is C27H49F3N4O7. The van der Waals surface area contributed by atoms with Gasteiger partial charge in [-0.2, -0.15) is 13.2 Å². The lowest BCUT2D eigenvalue weighted by Gasteiger charge is -2.37. The van der Waals surface area contributed by atoms with E-state index >= 15 is 0 Å². The van der Waals surface area contributed by atoms with Gasteiger partial charge in [0.05, 0.1) is 13.2 Å². The highest BCUT2D eigenvalue weighted by Crippen LogP contribution is 2.20. The molecule has 5 atom stereocenters. The van der Waals surface area contributed by atoms with Gasteiger partial charge < -0.3 is 30.3 Å². The minimum Gasteiger partial charge on any atom is -0.475 e. The average Bonchev–Trinajstić information content (AvgIpc) is 2.89. The van der Waals surface area contributed by atoms with E-state index in [9.17, 15) is 32.3 Å². The zero-order valence-corrected chi connectivity index (χ0v) is 26.1. The van der Waals surface area contributed by atoms with Crippen LogP contribution in [0.4, 0.5) is 13.2 Å². The summed E-state index contributed by atoms with van der Waals surface area (Å²) in [7, 11) is 6.00. The molecule has 0 saturated heterocycles. The highest BCUT2D eigenvalue weighted by molar-refractivity contribution is 5.94. The van der Waals surface area contributed by atoms with Crippen LogP contribution in [-0.2, 0) is 28.7 Å². The summed E-state index contributed by atoms with van der Waals surface area (Å²) in [5.41, 5.74) is 6.09. The van der Waals surface area contributed by atoms with Gasteiger partial charge in [0, 0.05) is 21.1 Å². The van der Waals surface area contributed by atoms with Gasteiger partial charge in [-0.25, -0.2) is 9.59 Å². The Morgan fingerprint density at radius 3 is 1.51 bits per heavy atom. The number of likely N-dealkylation sites (N-methyl/N-ethyl adjacent to an activating group) is 3. The molecule has 11 nitrogen and oxygen atoms in total. The summed E-state index contributed by atoms with van der Waals surface area (Å²) >= 11 is 0. The second kappa shape index (κ2) is 17.8. The van der Waals surface area contributed by atoms with Gasteiger partial charge in [-0.3, -0.25) is 14.4 Å². The molecule has 14 heteroatoms. The number of halogens is 3. The number of alkyl halides is 3. The van der Waals surface area contributed by atoms with Crippen LogP contribution < -0.4 is 5.73 Å². The van der Waals surface area contributed by atoms with Crippen molar-refractivity contribution in [2.75, 3.05) is 28.3 Å². The van der Waals surface area contributed by atoms with Crippen LogP contribution in [0.5, 0.6) is 0 Å². The van der Waals surface area contributed by atoms with E-state index in [1.54, 1.807) is 28.1 Å². The van der Waals surface area contributed by atoms with Gasteiger partial charge in [-0.1, -0.05) is 48.0 Å². The molecule has 0 aromatic heterocycles. The summed E-state index contributed by atoms with van der Waals surface area (Å²) in [6.45, 7) is 13.4. The third-order valence-corrected chi connectivity index (χ3v) is 6.85. The number of methoxy groups -OCH3 is 1. The third kappa shape index (κ3) is 13.1. The number of esters is 1. The summed E-state index contributed by atoms with van der Waals surface area (Å²) in [5.74, 6) is -3.99. The molecule has 0 radical (unpaired) electrons. The number of hydrogen-bond acceptors (Lipinski definition) is 7. The van der Waals surface area contributed by atoms with Gasteiger partial charge in [0.15, 0.2) is 0 Å². The Morgan fingerprint density at radius 2 is 1.17 bits per heavy atom. The maximum absolute atomic E-state index is 13.6. The molecule has 3 N–H and O–H groups in total. The predicted molar refractivity (Wildman–Crippen MR) is 147 cm³/mol. The molecule has 3 amide bonds. The van der Waals surface area contributed by atoms with Crippen LogP contribution in [0.2, 0.25) is 0 Å². The Bertz CT molecular complexity index is 883. The average molecular weight is 599 g/mol. The van der Waals surface area contributed by atoms with Crippen molar-refractivity contribution >= 4 is 29.7 Å². The summed E-state index contributed by atoms with van der Waals surface area (Å²) < 4.78 is 36.7. The van der Waals surface area contributed by atoms with Crippen molar-refractivity contribution in [2.24, 2.45) is 23.5 Å². The molecular weight excluding hydrogens is 549 g/mol. The molecule has 0 heterocycles. The fourth-order valence-electron chi connectivity index (χ4n) is 3.79. The number of amides is 3. The van der Waals surface area contributed by atoms with E-state index in [0.29, 0.717) is 12.8 Å². The van der Waals surface area contributed by atoms with Crippen LogP contribution in [0.25, 0.3) is 0 Å². The third-order valence-electron chi connectivity index (χ3n) is 6.85. The zero-order valence-electron chi connectivity index (χ0n) is 26.1. The van der Waals surface area contributed by atoms with Gasteiger partial charge in [0.2, 0.25) is 17.7 Å². The summed E-state index contributed by atoms with van der Waals surface area (Å²) in [6, 6.07) is -3.03. The molecule has 0 aliphatic carbocycles. The molecule has 0 unspecified atom stereocenters. The molecule has 41 heavy (non-hydrogen) atoms. The maximum Gasteiger partial charge on any atom is 0.490 e. The molecule has 0 aliphatic rings. The lowest BCUT2D eigenvalue weighted by Crippen LogP contribution is -2.58. The Morgan fingerprint density at radius 1 is 0.780 bits per heavy atom. The van der Waals surface area contributed by atoms with E-state index in [1.807, 2.05) is 41.5 Å². The van der Waals surface area contributed by atoms with Gasteiger partial charge in [-0.15, -0.1) is 0 Å². The number of nitrogens with two attached hydrogens (primary N) is 1. The number of carboxylic acids is 1. The molecule has 0 rings (SSSR count). The zero-order chi connectivity index (χ0) is 33.0. The first-order chi connectivity index (χ1) is 18.6. The molecule has 0 bridgehead atoms. The summed E-state index contributed by atoms with van der Waals surface area (Å²) in [5, 5.41) is 7.12. The number of aliphatic carboxylic acids is 1. The molecule has 0 aliphatic heterocycles. The van der Waals surface area contributed by atoms with Crippen molar-refractivity contribution in [3.8, 4) is 0 Å². The number of hydrogen-bond donors (Lipinski definition) is 2. The van der Waals surface area contributed by atoms with Crippen molar-refractivity contribution in [3.63, 3.8) is 0 Å². The molecule has 0 saturated carbocycles. The first-order valence-corrected chi connectivity index (χ1v) is 13.5. The minimum absolute atomic E-state index is 0.0184. The molecule has 240 valence electrons. The molecule has 0 spiro atoms. The second-order valence-electron chi connectivity index (χ2n) is 11.1. The number of carboxylic acid groups (broad SMARTS) is 1. The number of nitrogens with zero attached hydrogens (tertiary/aromatic N) is 3. The monoisotopic (exact) mass is 598 g/mol. The van der Waals surface area contributed by atoms with Crippen LogP contribution in [0.1, 0.15) is 67.7 Å². The first-order valence-electron chi connectivity index (χ1n) is 13.5. The second-order valence-corrected chi connectivity index (χ2v) is 11.1. The van der Waals surface area contributed by atoms with Crippen LogP contribution in [0, 0.1) is 17.8 Å². The van der Waals surface area contributed by atoms with Gasteiger partial charge >= 0.3 is 18.1 Å². The fraction of sp³-hybridized carbons (Fsp3) is 0.815. The summed E-state index contributed by atoms with van der Waals surface area (Å²) in [4.78, 5) is 65.2. The summed E-state index contributed by atoms with van der Waals surface area (Å²) in [6.07, 6.45) is -3.47.